The number of carbonyl (C=O) groups is 2. The maximum atomic E-state index is 11.7. The Morgan fingerprint density at radius 1 is 1.20 bits per heavy atom. The lowest BCUT2D eigenvalue weighted by Gasteiger charge is -2.20. The van der Waals surface area contributed by atoms with Crippen LogP contribution in [0.2, 0.25) is 0 Å². The molecule has 1 unspecified atom stereocenters. The van der Waals surface area contributed by atoms with E-state index in [0.29, 0.717) is 9.99 Å². The number of nitrogens with one attached hydrogen (secondary N) is 2. The van der Waals surface area contributed by atoms with Crippen molar-refractivity contribution in [1.29, 1.82) is 0 Å². The summed E-state index contributed by atoms with van der Waals surface area (Å²) in [6, 6.07) is 14.7. The van der Waals surface area contributed by atoms with Gasteiger partial charge in [-0.1, -0.05) is 12.1 Å². The van der Waals surface area contributed by atoms with Crippen molar-refractivity contribution in [2.75, 3.05) is 18.7 Å². The summed E-state index contributed by atoms with van der Waals surface area (Å²) in [7, 11) is 1.35. The predicted molar refractivity (Wildman–Crippen MR) is 126 cm³/mol. The van der Waals surface area contributed by atoms with Gasteiger partial charge in [0, 0.05) is 15.3 Å². The number of aliphatic carboxylic acids is 1. The maximum Gasteiger partial charge on any atom is 0.348 e. The Kier molecular flexibility index (Phi) is 7.30. The molecule has 0 saturated heterocycles. The van der Waals surface area contributed by atoms with E-state index in [-0.39, 0.29) is 12.4 Å². The van der Waals surface area contributed by atoms with E-state index in [1.54, 1.807) is 17.8 Å². The van der Waals surface area contributed by atoms with Gasteiger partial charge >= 0.3 is 11.9 Å². The number of rotatable bonds is 7. The summed E-state index contributed by atoms with van der Waals surface area (Å²) in [6.07, 6.45) is 1.88. The molecule has 0 aliphatic rings. The second kappa shape index (κ2) is 9.92. The molecule has 156 valence electrons. The highest BCUT2D eigenvalue weighted by Gasteiger charge is 2.17. The average Bonchev–Trinajstić information content (AvgIpc) is 3.16. The van der Waals surface area contributed by atoms with Gasteiger partial charge in [0.25, 0.3) is 0 Å². The average molecular weight is 461 g/mol. The zero-order valence-corrected chi connectivity index (χ0v) is 18.7. The number of thiophene rings is 1. The Morgan fingerprint density at radius 2 is 1.93 bits per heavy atom. The number of fused-ring (bicyclic) bond motifs is 1. The molecule has 9 heteroatoms. The van der Waals surface area contributed by atoms with Gasteiger partial charge in [-0.3, -0.25) is 4.79 Å². The molecule has 30 heavy (non-hydrogen) atoms. The largest absolute Gasteiger partial charge is 0.481 e. The third-order valence-electron chi connectivity index (χ3n) is 4.36. The minimum absolute atomic E-state index is 0.105. The van der Waals surface area contributed by atoms with Crippen LogP contribution in [-0.2, 0) is 9.53 Å². The molecular weight excluding hydrogens is 440 g/mol. The lowest BCUT2D eigenvalue weighted by molar-refractivity contribution is -0.137. The molecule has 0 amide bonds. The van der Waals surface area contributed by atoms with Crippen molar-refractivity contribution in [1.82, 2.24) is 5.32 Å². The second-order valence-corrected chi connectivity index (χ2v) is 8.75. The smallest absolute Gasteiger partial charge is 0.348 e. The highest BCUT2D eigenvalue weighted by Crippen LogP contribution is 2.29. The minimum atomic E-state index is -0.917. The van der Waals surface area contributed by atoms with E-state index in [9.17, 15) is 14.7 Å². The summed E-state index contributed by atoms with van der Waals surface area (Å²) >= 11 is 8.39. The number of hydrogen-bond donors (Lipinski definition) is 3. The van der Waals surface area contributed by atoms with Crippen molar-refractivity contribution in [2.24, 2.45) is 0 Å². The molecular formula is C21H20N2O4S3. The van der Waals surface area contributed by atoms with Gasteiger partial charge in [0.05, 0.1) is 19.6 Å². The van der Waals surface area contributed by atoms with Gasteiger partial charge in [-0.2, -0.15) is 0 Å². The van der Waals surface area contributed by atoms with Gasteiger partial charge in [0.2, 0.25) is 0 Å². The topological polar surface area (TPSA) is 87.7 Å². The lowest BCUT2D eigenvalue weighted by atomic mass is 10.0. The van der Waals surface area contributed by atoms with Crippen LogP contribution < -0.4 is 10.6 Å². The third kappa shape index (κ3) is 5.50. The number of thiocarbonyl (C=S) groups is 1. The maximum absolute atomic E-state index is 11.7. The second-order valence-electron chi connectivity index (χ2n) is 6.38. The van der Waals surface area contributed by atoms with E-state index in [4.69, 9.17) is 17.0 Å². The van der Waals surface area contributed by atoms with Crippen LogP contribution in [0.1, 0.15) is 27.7 Å². The number of methoxy groups -OCH3 is 1. The Balaban J connectivity index is 1.73. The standard InChI is InChI=1S/C21H20N2O4S3/c1-27-20(26)18-10-13-9-14(5-8-17(13)30-18)22-21(28)23-16(11-19(24)25)12-3-6-15(29-2)7-4-12/h3-10,16H,11H2,1-2H3,(H,24,25)(H2,22,23,28). The Morgan fingerprint density at radius 3 is 2.57 bits per heavy atom. The van der Waals surface area contributed by atoms with Crippen LogP contribution in [0.25, 0.3) is 10.1 Å². The fraction of sp³-hybridized carbons (Fsp3) is 0.190. The number of carboxylic acids is 1. The van der Waals surface area contributed by atoms with E-state index in [2.05, 4.69) is 10.6 Å². The number of thioether (sulfide) groups is 1. The molecule has 0 bridgehead atoms. The van der Waals surface area contributed by atoms with E-state index >= 15 is 0 Å². The number of anilines is 1. The molecule has 0 spiro atoms. The number of benzene rings is 2. The van der Waals surface area contributed by atoms with Gasteiger partial charge in [0.15, 0.2) is 5.11 Å². The van der Waals surface area contributed by atoms with Crippen LogP contribution in [0, 0.1) is 0 Å². The van der Waals surface area contributed by atoms with Crippen LogP contribution in [-0.4, -0.2) is 35.5 Å². The molecule has 3 aromatic rings. The first-order valence-corrected chi connectivity index (χ1v) is 11.4. The molecule has 0 saturated carbocycles. The normalized spacial score (nSPS) is 11.7. The molecule has 0 fully saturated rings. The van der Waals surface area contributed by atoms with Crippen LogP contribution in [0.15, 0.2) is 53.4 Å². The lowest BCUT2D eigenvalue weighted by Crippen LogP contribution is -2.33. The van der Waals surface area contributed by atoms with Crippen molar-refractivity contribution in [3.05, 3.63) is 59.0 Å². The SMILES string of the molecule is COC(=O)c1cc2cc(NC(=S)NC(CC(=O)O)c3ccc(SC)cc3)ccc2s1. The summed E-state index contributed by atoms with van der Waals surface area (Å²) in [6.45, 7) is 0. The molecule has 0 aliphatic carbocycles. The van der Waals surface area contributed by atoms with Crippen LogP contribution in [0.4, 0.5) is 5.69 Å². The molecule has 3 N–H and O–H groups in total. The van der Waals surface area contributed by atoms with Gasteiger partial charge in [-0.25, -0.2) is 4.79 Å². The number of ether oxygens (including phenoxy) is 1. The van der Waals surface area contributed by atoms with Gasteiger partial charge in [-0.05, 0) is 65.8 Å². The fourth-order valence-electron chi connectivity index (χ4n) is 2.91. The molecule has 3 rings (SSSR count). The van der Waals surface area contributed by atoms with Crippen molar-refractivity contribution in [3.63, 3.8) is 0 Å². The summed E-state index contributed by atoms with van der Waals surface area (Å²) < 4.78 is 5.72. The fourth-order valence-corrected chi connectivity index (χ4v) is 4.54. The summed E-state index contributed by atoms with van der Waals surface area (Å²) in [4.78, 5) is 24.7. The van der Waals surface area contributed by atoms with Gasteiger partial charge < -0.3 is 20.5 Å². The van der Waals surface area contributed by atoms with E-state index in [0.717, 1.165) is 26.2 Å². The molecule has 6 nitrogen and oxygen atoms in total. The Labute approximate surface area is 187 Å². The molecule has 0 radical (unpaired) electrons. The highest BCUT2D eigenvalue weighted by molar-refractivity contribution is 7.98. The van der Waals surface area contributed by atoms with Crippen molar-refractivity contribution in [3.8, 4) is 0 Å². The van der Waals surface area contributed by atoms with Crippen LogP contribution >= 0.6 is 35.3 Å². The molecule has 1 aromatic heterocycles. The zero-order valence-electron chi connectivity index (χ0n) is 16.3. The molecule has 1 atom stereocenters. The van der Waals surface area contributed by atoms with Crippen molar-refractivity contribution >= 4 is 68.1 Å². The molecule has 1 heterocycles. The van der Waals surface area contributed by atoms with Gasteiger partial charge in [-0.15, -0.1) is 23.1 Å². The first-order valence-electron chi connectivity index (χ1n) is 8.94. The molecule has 2 aromatic carbocycles. The van der Waals surface area contributed by atoms with Crippen molar-refractivity contribution < 1.29 is 19.4 Å². The number of carbonyl (C=O) groups excluding carboxylic acids is 1. The van der Waals surface area contributed by atoms with Crippen molar-refractivity contribution in [2.45, 2.75) is 17.4 Å². The number of carboxylic acid groups (broad SMARTS) is 1. The van der Waals surface area contributed by atoms with Crippen LogP contribution in [0.5, 0.6) is 0 Å². The van der Waals surface area contributed by atoms with Crippen LogP contribution in [0.3, 0.4) is 0 Å². The van der Waals surface area contributed by atoms with E-state index < -0.39 is 12.0 Å². The number of esters is 1. The quantitative estimate of drug-likeness (QED) is 0.260. The first-order chi connectivity index (χ1) is 14.4. The Bertz CT molecular complexity index is 1080. The van der Waals surface area contributed by atoms with E-state index in [1.807, 2.05) is 48.7 Å². The summed E-state index contributed by atoms with van der Waals surface area (Å²) in [5.41, 5.74) is 1.58. The van der Waals surface area contributed by atoms with E-state index in [1.165, 1.54) is 18.4 Å². The Hall–Kier alpha value is -2.62. The van der Waals surface area contributed by atoms with Gasteiger partial charge in [0.1, 0.15) is 4.88 Å². The highest BCUT2D eigenvalue weighted by atomic mass is 32.2. The number of hydrogen-bond acceptors (Lipinski definition) is 6. The predicted octanol–water partition coefficient (Wildman–Crippen LogP) is 4.91. The monoisotopic (exact) mass is 460 g/mol. The first kappa shape index (κ1) is 22.1. The summed E-state index contributed by atoms with van der Waals surface area (Å²) in [5.74, 6) is -1.29. The summed E-state index contributed by atoms with van der Waals surface area (Å²) in [5, 5.41) is 16.7. The zero-order chi connectivity index (χ0) is 21.7. The minimum Gasteiger partial charge on any atom is -0.481 e. The molecule has 0 aliphatic heterocycles. The third-order valence-corrected chi connectivity index (χ3v) is 6.42.